The average molecular weight is 405 g/mol. The van der Waals surface area contributed by atoms with Gasteiger partial charge in [-0.3, -0.25) is 4.79 Å². The third kappa shape index (κ3) is 4.57. The van der Waals surface area contributed by atoms with Gasteiger partial charge in [-0.15, -0.1) is 0 Å². The van der Waals surface area contributed by atoms with Gasteiger partial charge in [0.25, 0.3) is 5.91 Å². The number of benzene rings is 1. The Labute approximate surface area is 176 Å². The number of aromatic nitrogens is 3. The molecular weight excluding hydrogens is 376 g/mol. The summed E-state index contributed by atoms with van der Waals surface area (Å²) in [6.07, 6.45) is 5.41. The summed E-state index contributed by atoms with van der Waals surface area (Å²) < 4.78 is 0. The summed E-state index contributed by atoms with van der Waals surface area (Å²) in [7, 11) is 2.11. The molecule has 3 heterocycles. The number of carbonyl (C=O) groups is 1. The van der Waals surface area contributed by atoms with E-state index in [0.29, 0.717) is 17.6 Å². The van der Waals surface area contributed by atoms with Gasteiger partial charge >= 0.3 is 0 Å². The third-order valence-corrected chi connectivity index (χ3v) is 5.57. The Morgan fingerprint density at radius 1 is 1.10 bits per heavy atom. The van der Waals surface area contributed by atoms with Crippen LogP contribution in [0.4, 0.5) is 11.6 Å². The summed E-state index contributed by atoms with van der Waals surface area (Å²) in [4.78, 5) is 28.2. The zero-order chi connectivity index (χ0) is 21.1. The zero-order valence-corrected chi connectivity index (χ0v) is 17.7. The zero-order valence-electron chi connectivity index (χ0n) is 17.7. The van der Waals surface area contributed by atoms with E-state index in [2.05, 4.69) is 52.5 Å². The van der Waals surface area contributed by atoms with Crippen LogP contribution in [-0.4, -0.2) is 51.9 Å². The molecule has 156 valence electrons. The topological polar surface area (TPSA) is 83.0 Å². The SMILES string of the molecule is CC(C)c1cccc2cnc(Nc3ccc(C(=O)NC4CCN(C)CC4)nc3)nc12. The van der Waals surface area contributed by atoms with E-state index < -0.39 is 0 Å². The van der Waals surface area contributed by atoms with E-state index in [1.165, 1.54) is 5.56 Å². The number of hydrogen-bond acceptors (Lipinski definition) is 6. The molecule has 0 atom stereocenters. The van der Waals surface area contributed by atoms with Crippen molar-refractivity contribution in [3.63, 3.8) is 0 Å². The number of likely N-dealkylation sites (tertiary alicyclic amines) is 1. The predicted molar refractivity (Wildman–Crippen MR) is 119 cm³/mol. The van der Waals surface area contributed by atoms with Crippen LogP contribution < -0.4 is 10.6 Å². The van der Waals surface area contributed by atoms with Gasteiger partial charge in [-0.05, 0) is 56.6 Å². The average Bonchev–Trinajstić information content (AvgIpc) is 2.75. The third-order valence-electron chi connectivity index (χ3n) is 5.57. The first kappa shape index (κ1) is 20.2. The minimum Gasteiger partial charge on any atom is -0.348 e. The monoisotopic (exact) mass is 404 g/mol. The minimum absolute atomic E-state index is 0.125. The number of rotatable bonds is 5. The second-order valence-electron chi connectivity index (χ2n) is 8.24. The van der Waals surface area contributed by atoms with Crippen molar-refractivity contribution in [2.45, 2.75) is 38.6 Å². The van der Waals surface area contributed by atoms with E-state index >= 15 is 0 Å². The Balaban J connectivity index is 1.44. The highest BCUT2D eigenvalue weighted by atomic mass is 16.1. The molecule has 1 aliphatic rings. The van der Waals surface area contributed by atoms with Gasteiger partial charge in [0.2, 0.25) is 5.95 Å². The molecule has 2 N–H and O–H groups in total. The summed E-state index contributed by atoms with van der Waals surface area (Å²) in [5.41, 5.74) is 3.30. The Kier molecular flexibility index (Phi) is 5.90. The number of carbonyl (C=O) groups excluding carboxylic acids is 1. The number of piperidine rings is 1. The Morgan fingerprint density at radius 2 is 1.90 bits per heavy atom. The number of amides is 1. The van der Waals surface area contributed by atoms with Crippen LogP contribution >= 0.6 is 0 Å². The van der Waals surface area contributed by atoms with Crippen molar-refractivity contribution in [3.05, 3.63) is 54.0 Å². The molecule has 3 aromatic rings. The van der Waals surface area contributed by atoms with Crippen LogP contribution in [-0.2, 0) is 0 Å². The van der Waals surface area contributed by atoms with Gasteiger partial charge in [-0.2, -0.15) is 0 Å². The predicted octanol–water partition coefficient (Wildman–Crippen LogP) is 3.72. The fourth-order valence-electron chi connectivity index (χ4n) is 3.75. The molecule has 0 bridgehead atoms. The highest BCUT2D eigenvalue weighted by Gasteiger charge is 2.19. The van der Waals surface area contributed by atoms with Crippen LogP contribution in [0.5, 0.6) is 0 Å². The van der Waals surface area contributed by atoms with Gasteiger partial charge < -0.3 is 15.5 Å². The minimum atomic E-state index is -0.125. The summed E-state index contributed by atoms with van der Waals surface area (Å²) in [6.45, 7) is 6.32. The van der Waals surface area contributed by atoms with Gasteiger partial charge in [0.05, 0.1) is 17.4 Å². The van der Waals surface area contributed by atoms with Crippen molar-refractivity contribution < 1.29 is 4.79 Å². The molecule has 4 rings (SSSR count). The molecule has 1 aliphatic heterocycles. The number of nitrogens with zero attached hydrogens (tertiary/aromatic N) is 4. The van der Waals surface area contributed by atoms with Crippen LogP contribution in [0.1, 0.15) is 48.7 Å². The lowest BCUT2D eigenvalue weighted by molar-refractivity contribution is 0.0912. The van der Waals surface area contributed by atoms with Gasteiger partial charge in [0.1, 0.15) is 5.69 Å². The maximum atomic E-state index is 12.5. The molecule has 1 saturated heterocycles. The number of hydrogen-bond donors (Lipinski definition) is 2. The molecule has 0 radical (unpaired) electrons. The number of anilines is 2. The van der Waals surface area contributed by atoms with Crippen LogP contribution in [0.15, 0.2) is 42.7 Å². The van der Waals surface area contributed by atoms with Crippen LogP contribution in [0.3, 0.4) is 0 Å². The first-order valence-corrected chi connectivity index (χ1v) is 10.5. The molecule has 2 aromatic heterocycles. The molecule has 0 saturated carbocycles. The lowest BCUT2D eigenvalue weighted by Gasteiger charge is -2.29. The van der Waals surface area contributed by atoms with Gasteiger partial charge in [-0.25, -0.2) is 15.0 Å². The maximum Gasteiger partial charge on any atom is 0.270 e. The van der Waals surface area contributed by atoms with Crippen molar-refractivity contribution in [1.82, 2.24) is 25.2 Å². The standard InChI is InChI=1S/C23H28N6O/c1-15(2)19-6-4-5-16-13-25-23(28-21(16)19)27-18-7-8-20(24-14-18)22(30)26-17-9-11-29(3)12-10-17/h4-8,13-15,17H,9-12H2,1-3H3,(H,26,30)(H,25,27,28). The molecule has 0 aliphatic carbocycles. The molecule has 0 unspecified atom stereocenters. The van der Waals surface area contributed by atoms with Crippen molar-refractivity contribution >= 4 is 28.4 Å². The molecular formula is C23H28N6O. The second kappa shape index (κ2) is 8.75. The van der Waals surface area contributed by atoms with Crippen LogP contribution in [0.2, 0.25) is 0 Å². The number of fused-ring (bicyclic) bond motifs is 1. The molecule has 1 fully saturated rings. The second-order valence-corrected chi connectivity index (χ2v) is 8.24. The lowest BCUT2D eigenvalue weighted by atomic mass is 10.0. The fourth-order valence-corrected chi connectivity index (χ4v) is 3.75. The van der Waals surface area contributed by atoms with Crippen LogP contribution in [0, 0.1) is 0 Å². The summed E-state index contributed by atoms with van der Waals surface area (Å²) in [5, 5.41) is 7.30. The summed E-state index contributed by atoms with van der Waals surface area (Å²) >= 11 is 0. The molecule has 7 heteroatoms. The summed E-state index contributed by atoms with van der Waals surface area (Å²) in [5.74, 6) is 0.765. The van der Waals surface area contributed by atoms with Crippen molar-refractivity contribution in [3.8, 4) is 0 Å². The van der Waals surface area contributed by atoms with E-state index in [1.807, 2.05) is 24.4 Å². The van der Waals surface area contributed by atoms with E-state index in [1.54, 1.807) is 12.3 Å². The largest absolute Gasteiger partial charge is 0.348 e. The van der Waals surface area contributed by atoms with Crippen molar-refractivity contribution in [1.29, 1.82) is 0 Å². The Morgan fingerprint density at radius 3 is 2.60 bits per heavy atom. The van der Waals surface area contributed by atoms with E-state index in [-0.39, 0.29) is 11.9 Å². The highest BCUT2D eigenvalue weighted by Crippen LogP contribution is 2.24. The number of para-hydroxylation sites is 1. The fraction of sp³-hybridized carbons (Fsp3) is 0.391. The quantitative estimate of drug-likeness (QED) is 0.674. The first-order chi connectivity index (χ1) is 14.5. The molecule has 1 aromatic carbocycles. The van der Waals surface area contributed by atoms with E-state index in [0.717, 1.165) is 42.5 Å². The molecule has 7 nitrogen and oxygen atoms in total. The number of pyridine rings is 1. The Hall–Kier alpha value is -3.06. The Bertz CT molecular complexity index is 1030. The van der Waals surface area contributed by atoms with E-state index in [9.17, 15) is 4.79 Å². The van der Waals surface area contributed by atoms with Crippen molar-refractivity contribution in [2.24, 2.45) is 0 Å². The van der Waals surface area contributed by atoms with Crippen LogP contribution in [0.25, 0.3) is 10.9 Å². The van der Waals surface area contributed by atoms with Gasteiger partial charge in [0, 0.05) is 17.6 Å². The highest BCUT2D eigenvalue weighted by molar-refractivity contribution is 5.92. The molecule has 0 spiro atoms. The number of nitrogens with one attached hydrogen (secondary N) is 2. The first-order valence-electron chi connectivity index (χ1n) is 10.5. The van der Waals surface area contributed by atoms with Crippen molar-refractivity contribution in [2.75, 3.05) is 25.5 Å². The van der Waals surface area contributed by atoms with Gasteiger partial charge in [-0.1, -0.05) is 32.0 Å². The molecule has 1 amide bonds. The van der Waals surface area contributed by atoms with Gasteiger partial charge in [0.15, 0.2) is 0 Å². The smallest absolute Gasteiger partial charge is 0.270 e. The maximum absolute atomic E-state index is 12.5. The molecule has 30 heavy (non-hydrogen) atoms. The summed E-state index contributed by atoms with van der Waals surface area (Å²) in [6, 6.07) is 9.93. The van der Waals surface area contributed by atoms with E-state index in [4.69, 9.17) is 4.98 Å². The normalized spacial score (nSPS) is 15.5. The lowest BCUT2D eigenvalue weighted by Crippen LogP contribution is -2.43.